The molecule has 1 unspecified atom stereocenters. The van der Waals surface area contributed by atoms with Gasteiger partial charge in [-0.2, -0.15) is 11.8 Å². The molecule has 0 spiro atoms. The average molecular weight is 504 g/mol. The number of thioether (sulfide) groups is 1. The molecule has 0 aromatic heterocycles. The van der Waals surface area contributed by atoms with Gasteiger partial charge in [0.25, 0.3) is 0 Å². The van der Waals surface area contributed by atoms with Crippen LogP contribution in [0, 0.1) is 5.92 Å². The van der Waals surface area contributed by atoms with Gasteiger partial charge in [0.05, 0.1) is 0 Å². The van der Waals surface area contributed by atoms with Gasteiger partial charge in [-0.25, -0.2) is 0 Å². The van der Waals surface area contributed by atoms with Crippen molar-refractivity contribution >= 4 is 53.3 Å². The highest BCUT2D eigenvalue weighted by Gasteiger charge is 2.29. The van der Waals surface area contributed by atoms with Crippen molar-refractivity contribution in [3.05, 3.63) is 29.8 Å². The van der Waals surface area contributed by atoms with Gasteiger partial charge in [0, 0.05) is 37.0 Å². The van der Waals surface area contributed by atoms with E-state index in [1.165, 1.54) is 18.6 Å². The van der Waals surface area contributed by atoms with Crippen molar-refractivity contribution in [2.75, 3.05) is 24.7 Å². The largest absolute Gasteiger partial charge is 0.355 e. The number of benzene rings is 1. The second-order valence-corrected chi connectivity index (χ2v) is 9.21. The number of rotatable bonds is 7. The number of amides is 1. The Kier molecular flexibility index (Phi) is 10.5. The highest BCUT2D eigenvalue weighted by molar-refractivity contribution is 14.0. The first-order valence-electron chi connectivity index (χ1n) is 9.37. The fourth-order valence-electron chi connectivity index (χ4n) is 3.00. The molecule has 1 fully saturated rings. The second kappa shape index (κ2) is 11.8. The number of halogens is 1. The van der Waals surface area contributed by atoms with Crippen LogP contribution in [0.1, 0.15) is 45.6 Å². The Morgan fingerprint density at radius 2 is 2.11 bits per heavy atom. The van der Waals surface area contributed by atoms with E-state index in [1.54, 1.807) is 7.05 Å². The van der Waals surface area contributed by atoms with Crippen molar-refractivity contribution in [2.45, 2.75) is 51.3 Å². The lowest BCUT2D eigenvalue weighted by Gasteiger charge is -2.24. The third-order valence-electron chi connectivity index (χ3n) is 4.42. The Hall–Kier alpha value is -0.960. The van der Waals surface area contributed by atoms with Gasteiger partial charge in [-0.05, 0) is 49.1 Å². The molecule has 152 valence electrons. The number of anilines is 1. The predicted octanol–water partition coefficient (Wildman–Crippen LogP) is 4.24. The van der Waals surface area contributed by atoms with Crippen LogP contribution >= 0.6 is 35.7 Å². The summed E-state index contributed by atoms with van der Waals surface area (Å²) in [6, 6.07) is 7.94. The van der Waals surface area contributed by atoms with E-state index in [0.29, 0.717) is 23.6 Å². The van der Waals surface area contributed by atoms with Crippen LogP contribution in [0.3, 0.4) is 0 Å². The molecule has 5 nitrogen and oxygen atoms in total. The van der Waals surface area contributed by atoms with E-state index >= 15 is 0 Å². The van der Waals surface area contributed by atoms with E-state index < -0.39 is 0 Å². The molecule has 1 heterocycles. The van der Waals surface area contributed by atoms with Gasteiger partial charge in [0.2, 0.25) is 5.91 Å². The van der Waals surface area contributed by atoms with Crippen molar-refractivity contribution in [3.8, 4) is 0 Å². The Morgan fingerprint density at radius 1 is 1.33 bits per heavy atom. The van der Waals surface area contributed by atoms with Crippen LogP contribution in [0.2, 0.25) is 0 Å². The molecule has 1 aromatic carbocycles. The molecule has 1 amide bonds. The van der Waals surface area contributed by atoms with Crippen LogP contribution in [0.15, 0.2) is 29.3 Å². The SMILES string of the molecule is CN=C(NCc1cccc(NC(=O)CC(C)C)c1)NCC1(C)CCCS1.I. The summed E-state index contributed by atoms with van der Waals surface area (Å²) in [5.41, 5.74) is 1.95. The highest BCUT2D eigenvalue weighted by atomic mass is 127. The lowest BCUT2D eigenvalue weighted by molar-refractivity contribution is -0.116. The Labute approximate surface area is 185 Å². The van der Waals surface area contributed by atoms with Crippen molar-refractivity contribution in [3.63, 3.8) is 0 Å². The van der Waals surface area contributed by atoms with E-state index in [1.807, 2.05) is 49.9 Å². The van der Waals surface area contributed by atoms with Gasteiger partial charge in [-0.1, -0.05) is 26.0 Å². The summed E-state index contributed by atoms with van der Waals surface area (Å²) in [5, 5.41) is 9.76. The first-order chi connectivity index (χ1) is 12.4. The second-order valence-electron chi connectivity index (χ2n) is 7.53. The van der Waals surface area contributed by atoms with Crippen LogP contribution in [0.25, 0.3) is 0 Å². The molecule has 1 saturated heterocycles. The van der Waals surface area contributed by atoms with Gasteiger partial charge < -0.3 is 16.0 Å². The quantitative estimate of drug-likeness (QED) is 0.295. The molecule has 1 aromatic rings. The third-order valence-corrected chi connectivity index (χ3v) is 5.96. The minimum Gasteiger partial charge on any atom is -0.355 e. The maximum Gasteiger partial charge on any atom is 0.224 e. The lowest BCUT2D eigenvalue weighted by atomic mass is 10.1. The molecule has 0 bridgehead atoms. The minimum atomic E-state index is 0. The monoisotopic (exact) mass is 504 g/mol. The van der Waals surface area contributed by atoms with Gasteiger partial charge >= 0.3 is 0 Å². The summed E-state index contributed by atoms with van der Waals surface area (Å²) >= 11 is 2.04. The number of guanidine groups is 1. The molecule has 27 heavy (non-hydrogen) atoms. The normalized spacial score (nSPS) is 19.5. The predicted molar refractivity (Wildman–Crippen MR) is 128 cm³/mol. The molecular formula is C20H33IN4OS. The molecule has 0 aliphatic carbocycles. The molecule has 1 atom stereocenters. The molecule has 1 aliphatic heterocycles. The van der Waals surface area contributed by atoms with Crippen LogP contribution in [-0.2, 0) is 11.3 Å². The van der Waals surface area contributed by atoms with Gasteiger partial charge in [0.15, 0.2) is 5.96 Å². The van der Waals surface area contributed by atoms with E-state index in [-0.39, 0.29) is 29.9 Å². The highest BCUT2D eigenvalue weighted by Crippen LogP contribution is 2.36. The first kappa shape index (κ1) is 24.1. The fraction of sp³-hybridized carbons (Fsp3) is 0.600. The third kappa shape index (κ3) is 8.72. The zero-order valence-corrected chi connectivity index (χ0v) is 19.9. The van der Waals surface area contributed by atoms with E-state index in [0.717, 1.165) is 23.8 Å². The van der Waals surface area contributed by atoms with Gasteiger partial charge in [0.1, 0.15) is 0 Å². The first-order valence-corrected chi connectivity index (χ1v) is 10.4. The van der Waals surface area contributed by atoms with Crippen LogP contribution in [0.5, 0.6) is 0 Å². The van der Waals surface area contributed by atoms with Crippen molar-refractivity contribution in [1.82, 2.24) is 10.6 Å². The zero-order chi connectivity index (χ0) is 19.0. The number of carbonyl (C=O) groups excluding carboxylic acids is 1. The minimum absolute atomic E-state index is 0. The number of hydrogen-bond donors (Lipinski definition) is 3. The van der Waals surface area contributed by atoms with E-state index in [4.69, 9.17) is 0 Å². The van der Waals surface area contributed by atoms with E-state index in [9.17, 15) is 4.79 Å². The number of aliphatic imine (C=N–C) groups is 1. The average Bonchev–Trinajstić information content (AvgIpc) is 3.01. The fourth-order valence-corrected chi connectivity index (χ4v) is 4.24. The standard InChI is InChI=1S/C20H32N4OS.HI/c1-15(2)11-18(25)24-17-8-5-7-16(12-17)13-22-19(21-4)23-14-20(3)9-6-10-26-20;/h5,7-8,12,15H,6,9-11,13-14H2,1-4H3,(H,24,25)(H2,21,22,23);1H. The Bertz CT molecular complexity index is 630. The number of nitrogens with one attached hydrogen (secondary N) is 3. The number of hydrogen-bond acceptors (Lipinski definition) is 3. The summed E-state index contributed by atoms with van der Waals surface area (Å²) in [7, 11) is 1.79. The Morgan fingerprint density at radius 3 is 2.74 bits per heavy atom. The van der Waals surface area contributed by atoms with Gasteiger partial charge in [-0.3, -0.25) is 9.79 Å². The molecule has 0 saturated carbocycles. The molecule has 1 aliphatic rings. The van der Waals surface area contributed by atoms with Crippen molar-refractivity contribution in [1.29, 1.82) is 0 Å². The molecule has 0 radical (unpaired) electrons. The molecular weight excluding hydrogens is 471 g/mol. The molecule has 2 rings (SSSR count). The van der Waals surface area contributed by atoms with Crippen LogP contribution in [0.4, 0.5) is 5.69 Å². The van der Waals surface area contributed by atoms with E-state index in [2.05, 4.69) is 27.9 Å². The topological polar surface area (TPSA) is 65.5 Å². The zero-order valence-electron chi connectivity index (χ0n) is 16.8. The molecule has 3 N–H and O–H groups in total. The van der Waals surface area contributed by atoms with Crippen LogP contribution < -0.4 is 16.0 Å². The Balaban J connectivity index is 0.00000364. The number of nitrogens with zero attached hydrogens (tertiary/aromatic N) is 1. The lowest BCUT2D eigenvalue weighted by Crippen LogP contribution is -2.43. The number of carbonyl (C=O) groups is 1. The van der Waals surface area contributed by atoms with Crippen molar-refractivity contribution < 1.29 is 4.79 Å². The summed E-state index contributed by atoms with van der Waals surface area (Å²) < 4.78 is 0.304. The summed E-state index contributed by atoms with van der Waals surface area (Å²) in [6.45, 7) is 7.99. The van der Waals surface area contributed by atoms with Gasteiger partial charge in [-0.15, -0.1) is 24.0 Å². The van der Waals surface area contributed by atoms with Crippen LogP contribution in [-0.4, -0.2) is 36.0 Å². The van der Waals surface area contributed by atoms with Crippen molar-refractivity contribution in [2.24, 2.45) is 10.9 Å². The smallest absolute Gasteiger partial charge is 0.224 e. The molecule has 7 heteroatoms. The summed E-state index contributed by atoms with van der Waals surface area (Å²) in [5.74, 6) is 2.48. The maximum atomic E-state index is 11.9. The summed E-state index contributed by atoms with van der Waals surface area (Å²) in [6.07, 6.45) is 3.08. The maximum absolute atomic E-state index is 11.9. The summed E-state index contributed by atoms with van der Waals surface area (Å²) in [4.78, 5) is 16.2.